The van der Waals surface area contributed by atoms with E-state index in [1.165, 1.54) is 6.07 Å². The van der Waals surface area contributed by atoms with Gasteiger partial charge in [-0.1, -0.05) is 0 Å². The van der Waals surface area contributed by atoms with Crippen LogP contribution in [-0.4, -0.2) is 23.9 Å². The number of halogens is 1. The fourth-order valence-corrected chi connectivity index (χ4v) is 1.20. The minimum Gasteiger partial charge on any atom is -0.352 e. The lowest BCUT2D eigenvalue weighted by Gasteiger charge is -2.04. The van der Waals surface area contributed by atoms with E-state index in [2.05, 4.69) is 5.32 Å². The van der Waals surface area contributed by atoms with Crippen molar-refractivity contribution in [2.75, 3.05) is 13.1 Å². The first-order chi connectivity index (χ1) is 8.06. The molecule has 0 atom stereocenters. The van der Waals surface area contributed by atoms with Gasteiger partial charge in [0.05, 0.1) is 4.92 Å². The molecule has 0 spiro atoms. The first-order valence-corrected chi connectivity index (χ1v) is 4.98. The third kappa shape index (κ3) is 3.49. The molecule has 0 aliphatic rings. The number of amides is 1. The molecule has 0 unspecified atom stereocenters. The summed E-state index contributed by atoms with van der Waals surface area (Å²) in [5.74, 6) is -1.51. The van der Waals surface area contributed by atoms with Gasteiger partial charge in [-0.05, 0) is 25.1 Å². The normalized spacial score (nSPS) is 10.0. The molecule has 7 heteroatoms. The molecule has 1 aromatic carbocycles. The average Bonchev–Trinajstić information content (AvgIpc) is 2.28. The van der Waals surface area contributed by atoms with Gasteiger partial charge in [0.2, 0.25) is 5.82 Å². The van der Waals surface area contributed by atoms with Crippen molar-refractivity contribution in [3.63, 3.8) is 0 Å². The van der Waals surface area contributed by atoms with Gasteiger partial charge in [0.15, 0.2) is 0 Å². The number of nitrogens with one attached hydrogen (secondary N) is 1. The number of nitrogens with zero attached hydrogens (tertiary/aromatic N) is 1. The van der Waals surface area contributed by atoms with Gasteiger partial charge in [-0.25, -0.2) is 0 Å². The van der Waals surface area contributed by atoms with Crippen molar-refractivity contribution in [2.45, 2.75) is 6.42 Å². The van der Waals surface area contributed by atoms with E-state index in [9.17, 15) is 19.3 Å². The second kappa shape index (κ2) is 5.90. The number of nitrogens with two attached hydrogens (primary N) is 1. The van der Waals surface area contributed by atoms with E-state index >= 15 is 0 Å². The van der Waals surface area contributed by atoms with Crippen molar-refractivity contribution in [2.24, 2.45) is 5.73 Å². The van der Waals surface area contributed by atoms with Gasteiger partial charge in [0.25, 0.3) is 5.91 Å². The number of hydrogen-bond donors (Lipinski definition) is 2. The zero-order chi connectivity index (χ0) is 12.8. The van der Waals surface area contributed by atoms with E-state index in [1.807, 2.05) is 0 Å². The van der Waals surface area contributed by atoms with Crippen molar-refractivity contribution < 1.29 is 14.1 Å². The van der Waals surface area contributed by atoms with Gasteiger partial charge in [0.1, 0.15) is 0 Å². The summed E-state index contributed by atoms with van der Waals surface area (Å²) in [6.45, 7) is 0.822. The van der Waals surface area contributed by atoms with Crippen LogP contribution < -0.4 is 11.1 Å². The summed E-state index contributed by atoms with van der Waals surface area (Å²) in [6, 6.07) is 3.02. The summed E-state index contributed by atoms with van der Waals surface area (Å²) in [4.78, 5) is 21.0. The number of benzene rings is 1. The van der Waals surface area contributed by atoms with Gasteiger partial charge in [-0.15, -0.1) is 0 Å². The molecule has 1 aromatic rings. The Balaban J connectivity index is 2.76. The van der Waals surface area contributed by atoms with Gasteiger partial charge in [-0.2, -0.15) is 4.39 Å². The van der Waals surface area contributed by atoms with Crippen molar-refractivity contribution >= 4 is 11.6 Å². The number of nitro benzene ring substituents is 1. The Morgan fingerprint density at radius 3 is 2.76 bits per heavy atom. The molecule has 0 aliphatic carbocycles. The summed E-state index contributed by atoms with van der Waals surface area (Å²) in [5, 5.41) is 12.9. The number of carbonyl (C=O) groups excluding carboxylic acids is 1. The summed E-state index contributed by atoms with van der Waals surface area (Å²) in [6.07, 6.45) is 0.612. The molecule has 0 bridgehead atoms. The number of rotatable bonds is 5. The van der Waals surface area contributed by atoms with Crippen molar-refractivity contribution in [1.29, 1.82) is 0 Å². The molecular weight excluding hydrogens is 229 g/mol. The van der Waals surface area contributed by atoms with Crippen LogP contribution in [0.2, 0.25) is 0 Å². The van der Waals surface area contributed by atoms with Crippen LogP contribution in [0.4, 0.5) is 10.1 Å². The summed E-state index contributed by atoms with van der Waals surface area (Å²) in [5.41, 5.74) is 4.64. The summed E-state index contributed by atoms with van der Waals surface area (Å²) >= 11 is 0. The van der Waals surface area contributed by atoms with Gasteiger partial charge < -0.3 is 11.1 Å². The molecule has 0 radical (unpaired) electrons. The highest BCUT2D eigenvalue weighted by Gasteiger charge is 2.16. The summed E-state index contributed by atoms with van der Waals surface area (Å²) in [7, 11) is 0. The molecule has 1 amide bonds. The van der Waals surface area contributed by atoms with E-state index in [0.29, 0.717) is 19.5 Å². The highest BCUT2D eigenvalue weighted by Crippen LogP contribution is 2.17. The number of hydrogen-bond acceptors (Lipinski definition) is 4. The predicted octanol–water partition coefficient (Wildman–Crippen LogP) is 0.812. The maximum Gasteiger partial charge on any atom is 0.304 e. The lowest BCUT2D eigenvalue weighted by molar-refractivity contribution is -0.387. The lowest BCUT2D eigenvalue weighted by atomic mass is 10.2. The zero-order valence-electron chi connectivity index (χ0n) is 8.98. The van der Waals surface area contributed by atoms with Crippen LogP contribution in [0.1, 0.15) is 16.8 Å². The average molecular weight is 241 g/mol. The van der Waals surface area contributed by atoms with Crippen molar-refractivity contribution in [1.82, 2.24) is 5.32 Å². The zero-order valence-corrected chi connectivity index (χ0v) is 8.98. The Kier molecular flexibility index (Phi) is 4.53. The molecule has 0 saturated carbocycles. The molecule has 17 heavy (non-hydrogen) atoms. The minimum absolute atomic E-state index is 0.0464. The predicted molar refractivity (Wildman–Crippen MR) is 59.1 cm³/mol. The Bertz CT molecular complexity index is 437. The van der Waals surface area contributed by atoms with E-state index < -0.39 is 22.3 Å². The van der Waals surface area contributed by atoms with Crippen LogP contribution in [0.25, 0.3) is 0 Å². The molecule has 0 aliphatic heterocycles. The van der Waals surface area contributed by atoms with E-state index in [0.717, 1.165) is 12.1 Å². The molecule has 3 N–H and O–H groups in total. The van der Waals surface area contributed by atoms with E-state index in [4.69, 9.17) is 5.73 Å². The Labute approximate surface area is 96.8 Å². The van der Waals surface area contributed by atoms with Crippen LogP contribution in [0.15, 0.2) is 18.2 Å². The van der Waals surface area contributed by atoms with Crippen LogP contribution >= 0.6 is 0 Å². The largest absolute Gasteiger partial charge is 0.352 e. The van der Waals surface area contributed by atoms with Gasteiger partial charge >= 0.3 is 5.69 Å². The summed E-state index contributed by atoms with van der Waals surface area (Å²) < 4.78 is 13.2. The van der Waals surface area contributed by atoms with Crippen LogP contribution in [0.5, 0.6) is 0 Å². The third-order valence-corrected chi connectivity index (χ3v) is 2.07. The monoisotopic (exact) mass is 241 g/mol. The molecule has 0 saturated heterocycles. The smallest absolute Gasteiger partial charge is 0.304 e. The Hall–Kier alpha value is -2.02. The number of carbonyl (C=O) groups is 1. The first-order valence-electron chi connectivity index (χ1n) is 4.98. The maximum absolute atomic E-state index is 13.2. The van der Waals surface area contributed by atoms with Crippen molar-refractivity contribution in [3.8, 4) is 0 Å². The second-order valence-corrected chi connectivity index (χ2v) is 3.32. The molecule has 1 rings (SSSR count). The van der Waals surface area contributed by atoms with Crippen molar-refractivity contribution in [3.05, 3.63) is 39.7 Å². The standard InChI is InChI=1S/C10H12FN3O3/c11-8-6-7(2-3-9(8)14(16)17)10(15)13-5-1-4-12/h2-3,6H,1,4-5,12H2,(H,13,15). The number of nitro groups is 1. The molecule has 0 aromatic heterocycles. The molecular formula is C10H12FN3O3. The van der Waals surface area contributed by atoms with Crippen LogP contribution in [0, 0.1) is 15.9 Å². The molecule has 6 nitrogen and oxygen atoms in total. The Morgan fingerprint density at radius 1 is 1.53 bits per heavy atom. The van der Waals surface area contributed by atoms with E-state index in [1.54, 1.807) is 0 Å². The SMILES string of the molecule is NCCCNC(=O)c1ccc([N+](=O)[O-])c(F)c1. The highest BCUT2D eigenvalue weighted by molar-refractivity contribution is 5.94. The lowest BCUT2D eigenvalue weighted by Crippen LogP contribution is -2.26. The quantitative estimate of drug-likeness (QED) is 0.452. The van der Waals surface area contributed by atoms with Crippen LogP contribution in [0.3, 0.4) is 0 Å². The minimum atomic E-state index is -1.03. The third-order valence-electron chi connectivity index (χ3n) is 2.07. The fraction of sp³-hybridized carbons (Fsp3) is 0.300. The van der Waals surface area contributed by atoms with Gasteiger partial charge in [-0.3, -0.25) is 14.9 Å². The first kappa shape index (κ1) is 13.0. The fourth-order valence-electron chi connectivity index (χ4n) is 1.20. The highest BCUT2D eigenvalue weighted by atomic mass is 19.1. The molecule has 92 valence electrons. The molecule has 0 heterocycles. The van der Waals surface area contributed by atoms with Gasteiger partial charge in [0, 0.05) is 18.2 Å². The van der Waals surface area contributed by atoms with Crippen LogP contribution in [-0.2, 0) is 0 Å². The Morgan fingerprint density at radius 2 is 2.24 bits per heavy atom. The maximum atomic E-state index is 13.2. The van der Waals surface area contributed by atoms with E-state index in [-0.39, 0.29) is 5.56 Å². The topological polar surface area (TPSA) is 98.3 Å². The molecule has 0 fully saturated rings. The second-order valence-electron chi connectivity index (χ2n) is 3.32.